The Labute approximate surface area is 163 Å². The Kier molecular flexibility index (Phi) is 4.93. The molecule has 0 bridgehead atoms. The minimum atomic E-state index is -0.492. The van der Waals surface area contributed by atoms with Crippen LogP contribution < -0.4 is 10.9 Å². The average molecular weight is 381 g/mol. The minimum Gasteiger partial charge on any atom is -0.353 e. The lowest BCUT2D eigenvalue weighted by Gasteiger charge is -2.24. The number of rotatable bonds is 5. The van der Waals surface area contributed by atoms with Crippen LogP contribution in [0.4, 0.5) is 0 Å². The van der Waals surface area contributed by atoms with E-state index in [0.717, 1.165) is 35.8 Å². The maximum atomic E-state index is 13.0. The molecule has 1 aliphatic heterocycles. The fourth-order valence-electron chi connectivity index (χ4n) is 4.42. The summed E-state index contributed by atoms with van der Waals surface area (Å²) >= 11 is 0. The molecule has 1 aliphatic rings. The van der Waals surface area contributed by atoms with Crippen LogP contribution in [-0.4, -0.2) is 50.8 Å². The lowest BCUT2D eigenvalue weighted by molar-refractivity contribution is -0.123. The highest BCUT2D eigenvalue weighted by atomic mass is 16.2. The molecule has 7 nitrogen and oxygen atoms in total. The smallest absolute Gasteiger partial charge is 0.291 e. The molecular weight excluding hydrogens is 354 g/mol. The predicted molar refractivity (Wildman–Crippen MR) is 110 cm³/mol. The molecular formula is C21H27N5O2. The van der Waals surface area contributed by atoms with Crippen LogP contribution in [0.5, 0.6) is 0 Å². The molecule has 1 N–H and O–H groups in total. The number of carbonyl (C=O) groups excluding carboxylic acids is 1. The van der Waals surface area contributed by atoms with E-state index in [2.05, 4.69) is 22.2 Å². The molecule has 1 saturated heterocycles. The highest BCUT2D eigenvalue weighted by Crippen LogP contribution is 2.29. The van der Waals surface area contributed by atoms with E-state index in [-0.39, 0.29) is 11.5 Å². The van der Waals surface area contributed by atoms with Crippen molar-refractivity contribution in [3.8, 4) is 0 Å². The van der Waals surface area contributed by atoms with E-state index in [1.54, 1.807) is 13.2 Å². The molecule has 7 heteroatoms. The number of para-hydroxylation sites is 1. The van der Waals surface area contributed by atoms with Crippen molar-refractivity contribution in [3.05, 3.63) is 40.8 Å². The molecule has 4 rings (SSSR count). The number of fused-ring (bicyclic) bond motifs is 3. The first-order valence-corrected chi connectivity index (χ1v) is 9.99. The van der Waals surface area contributed by atoms with E-state index >= 15 is 0 Å². The van der Waals surface area contributed by atoms with Crippen LogP contribution in [-0.2, 0) is 11.8 Å². The summed E-state index contributed by atoms with van der Waals surface area (Å²) in [5.41, 5.74) is 1.21. The SMILES string of the molecule is CCN1CCC[C@@H]1CNC(=O)[C@@H](C)n1c2ccccc2c2cnn(C)c(=O)c21. The number of likely N-dealkylation sites (tertiary alicyclic amines) is 1. The molecule has 3 aromatic rings. The molecule has 2 atom stereocenters. The second-order valence-corrected chi connectivity index (χ2v) is 7.57. The molecule has 0 saturated carbocycles. The van der Waals surface area contributed by atoms with E-state index in [9.17, 15) is 9.59 Å². The van der Waals surface area contributed by atoms with Crippen molar-refractivity contribution >= 4 is 27.7 Å². The van der Waals surface area contributed by atoms with Crippen LogP contribution >= 0.6 is 0 Å². The second kappa shape index (κ2) is 7.39. The predicted octanol–water partition coefficient (Wildman–Crippen LogP) is 2.05. The first-order valence-electron chi connectivity index (χ1n) is 9.99. The van der Waals surface area contributed by atoms with Gasteiger partial charge in [0, 0.05) is 30.4 Å². The van der Waals surface area contributed by atoms with Gasteiger partial charge in [0.1, 0.15) is 11.6 Å². The first kappa shape index (κ1) is 18.7. The number of aryl methyl sites for hydroxylation is 1. The molecule has 0 aliphatic carbocycles. The van der Waals surface area contributed by atoms with Crippen molar-refractivity contribution in [2.75, 3.05) is 19.6 Å². The maximum absolute atomic E-state index is 13.0. The summed E-state index contributed by atoms with van der Waals surface area (Å²) in [4.78, 5) is 28.2. The molecule has 0 spiro atoms. The fraction of sp³-hybridized carbons (Fsp3) is 0.476. The minimum absolute atomic E-state index is 0.0653. The van der Waals surface area contributed by atoms with Gasteiger partial charge in [-0.05, 0) is 38.9 Å². The largest absolute Gasteiger partial charge is 0.353 e. The van der Waals surface area contributed by atoms with Crippen LogP contribution in [0.1, 0.15) is 32.7 Å². The van der Waals surface area contributed by atoms with Crippen molar-refractivity contribution in [1.29, 1.82) is 0 Å². The lowest BCUT2D eigenvalue weighted by atomic mass is 10.2. The monoisotopic (exact) mass is 381 g/mol. The molecule has 1 aromatic carbocycles. The van der Waals surface area contributed by atoms with Crippen LogP contribution in [0.2, 0.25) is 0 Å². The Morgan fingerprint density at radius 2 is 2.11 bits per heavy atom. The molecule has 0 unspecified atom stereocenters. The van der Waals surface area contributed by atoms with Crippen molar-refractivity contribution < 1.29 is 4.79 Å². The molecule has 1 amide bonds. The zero-order valence-corrected chi connectivity index (χ0v) is 16.7. The summed E-state index contributed by atoms with van der Waals surface area (Å²) in [6.45, 7) is 6.76. The zero-order chi connectivity index (χ0) is 19.8. The standard InChI is InChI=1S/C21H27N5O2/c1-4-25-11-7-8-15(25)12-22-20(27)14(2)26-18-10-6-5-9-16(18)17-13-23-24(3)21(28)19(17)26/h5-6,9-10,13-15H,4,7-8,11-12H2,1-3H3,(H,22,27)/t14-,15-/m1/s1. The van der Waals surface area contributed by atoms with Gasteiger partial charge < -0.3 is 9.88 Å². The van der Waals surface area contributed by atoms with Crippen molar-refractivity contribution in [1.82, 2.24) is 24.6 Å². The number of nitrogens with one attached hydrogen (secondary N) is 1. The van der Waals surface area contributed by atoms with Crippen molar-refractivity contribution in [2.45, 2.75) is 38.8 Å². The van der Waals surface area contributed by atoms with Gasteiger partial charge in [0.2, 0.25) is 5.91 Å². The number of nitrogens with zero attached hydrogens (tertiary/aromatic N) is 4. The number of aromatic nitrogens is 3. The van der Waals surface area contributed by atoms with Gasteiger partial charge in [-0.3, -0.25) is 14.5 Å². The highest BCUT2D eigenvalue weighted by molar-refractivity contribution is 6.08. The number of hydrogen-bond donors (Lipinski definition) is 1. The fourth-order valence-corrected chi connectivity index (χ4v) is 4.42. The third kappa shape index (κ3) is 2.99. The van der Waals surface area contributed by atoms with Crippen LogP contribution in [0.25, 0.3) is 21.8 Å². The van der Waals surface area contributed by atoms with Gasteiger partial charge in [-0.15, -0.1) is 0 Å². The Hall–Kier alpha value is -2.67. The van der Waals surface area contributed by atoms with E-state index < -0.39 is 6.04 Å². The Bertz CT molecular complexity index is 1080. The summed E-state index contributed by atoms with van der Waals surface area (Å²) in [6, 6.07) is 7.70. The summed E-state index contributed by atoms with van der Waals surface area (Å²) in [6.07, 6.45) is 4.00. The average Bonchev–Trinajstić information content (AvgIpc) is 3.30. The van der Waals surface area contributed by atoms with Gasteiger partial charge >= 0.3 is 0 Å². The number of amides is 1. The van der Waals surface area contributed by atoms with Crippen LogP contribution in [0.3, 0.4) is 0 Å². The molecule has 148 valence electrons. The molecule has 3 heterocycles. The Morgan fingerprint density at radius 1 is 1.32 bits per heavy atom. The topological polar surface area (TPSA) is 72.2 Å². The Balaban J connectivity index is 1.70. The number of likely N-dealkylation sites (N-methyl/N-ethyl adjacent to an activating group) is 1. The van der Waals surface area contributed by atoms with Crippen molar-refractivity contribution in [2.24, 2.45) is 7.05 Å². The van der Waals surface area contributed by atoms with Gasteiger partial charge in [-0.25, -0.2) is 4.68 Å². The third-order valence-corrected chi connectivity index (χ3v) is 5.99. The first-order chi connectivity index (χ1) is 13.5. The molecule has 28 heavy (non-hydrogen) atoms. The van der Waals surface area contributed by atoms with E-state index in [0.29, 0.717) is 18.1 Å². The normalized spacial score (nSPS) is 18.8. The highest BCUT2D eigenvalue weighted by Gasteiger charge is 2.26. The van der Waals surface area contributed by atoms with Crippen LogP contribution in [0.15, 0.2) is 35.3 Å². The van der Waals surface area contributed by atoms with Gasteiger partial charge in [0.15, 0.2) is 0 Å². The van der Waals surface area contributed by atoms with Gasteiger partial charge in [0.25, 0.3) is 5.56 Å². The lowest BCUT2D eigenvalue weighted by Crippen LogP contribution is -2.42. The molecule has 2 aromatic heterocycles. The third-order valence-electron chi connectivity index (χ3n) is 5.99. The zero-order valence-electron chi connectivity index (χ0n) is 16.7. The Morgan fingerprint density at radius 3 is 2.89 bits per heavy atom. The number of benzene rings is 1. The van der Waals surface area contributed by atoms with E-state index in [4.69, 9.17) is 0 Å². The number of hydrogen-bond acceptors (Lipinski definition) is 4. The summed E-state index contributed by atoms with van der Waals surface area (Å²) in [7, 11) is 1.63. The van der Waals surface area contributed by atoms with Crippen molar-refractivity contribution in [3.63, 3.8) is 0 Å². The maximum Gasteiger partial charge on any atom is 0.291 e. The van der Waals surface area contributed by atoms with Gasteiger partial charge in [-0.2, -0.15) is 5.10 Å². The second-order valence-electron chi connectivity index (χ2n) is 7.57. The van der Waals surface area contributed by atoms with Crippen LogP contribution in [0, 0.1) is 0 Å². The van der Waals surface area contributed by atoms with Gasteiger partial charge in [-0.1, -0.05) is 25.1 Å². The molecule has 1 fully saturated rings. The summed E-state index contributed by atoms with van der Waals surface area (Å²) in [5.74, 6) is -0.0653. The van der Waals surface area contributed by atoms with E-state index in [1.165, 1.54) is 11.1 Å². The summed E-state index contributed by atoms with van der Waals surface area (Å²) in [5, 5.41) is 9.00. The summed E-state index contributed by atoms with van der Waals surface area (Å²) < 4.78 is 3.18. The number of carbonyl (C=O) groups is 1. The van der Waals surface area contributed by atoms with E-state index in [1.807, 2.05) is 35.8 Å². The molecule has 0 radical (unpaired) electrons. The van der Waals surface area contributed by atoms with Gasteiger partial charge in [0.05, 0.1) is 11.7 Å². The quantitative estimate of drug-likeness (QED) is 0.734.